The van der Waals surface area contributed by atoms with Gasteiger partial charge in [-0.2, -0.15) is 0 Å². The maximum absolute atomic E-state index is 14.7. The molecule has 0 saturated carbocycles. The van der Waals surface area contributed by atoms with Gasteiger partial charge in [0.05, 0.1) is 25.1 Å². The second-order valence-electron chi connectivity index (χ2n) is 14.6. The largest absolute Gasteiger partial charge is 0.415 e. The van der Waals surface area contributed by atoms with Crippen LogP contribution in [-0.4, -0.2) is 52.1 Å². The monoisotopic (exact) mass is 655 g/mol. The lowest BCUT2D eigenvalue weighted by molar-refractivity contribution is -0.137. The molecule has 10 heteroatoms. The molecule has 0 unspecified atom stereocenters. The zero-order valence-corrected chi connectivity index (χ0v) is 30.2. The van der Waals surface area contributed by atoms with E-state index in [4.69, 9.17) is 20.5 Å². The van der Waals surface area contributed by atoms with Crippen LogP contribution in [0.5, 0.6) is 0 Å². The van der Waals surface area contributed by atoms with Crippen LogP contribution in [0.25, 0.3) is 0 Å². The van der Waals surface area contributed by atoms with E-state index in [0.29, 0.717) is 19.4 Å². The van der Waals surface area contributed by atoms with Gasteiger partial charge in [-0.1, -0.05) is 56.6 Å². The predicted octanol–water partition coefficient (Wildman–Crippen LogP) is 9.37. The fourth-order valence-electron chi connectivity index (χ4n) is 5.64. The first-order valence-electron chi connectivity index (χ1n) is 15.1. The molecule has 0 N–H and O–H groups in total. The van der Waals surface area contributed by atoms with Gasteiger partial charge >= 0.3 is 0 Å². The molecule has 0 aliphatic carbocycles. The molecular formula is C33H49ClF3NO3Si2. The SMILES string of the molecule is C[C@H]1c2cccc(CC[C@](C)(O[Si](C)(C)C)C(F)F)c2C[C@H](CO[Si](C)(C)C(C)(C)C)N1C(=O)Cc1c(F)cccc1Cl. The van der Waals surface area contributed by atoms with E-state index in [0.717, 1.165) is 16.7 Å². The number of hydrogen-bond acceptors (Lipinski definition) is 3. The highest BCUT2D eigenvalue weighted by Gasteiger charge is 2.43. The van der Waals surface area contributed by atoms with E-state index in [1.807, 2.05) is 49.7 Å². The number of benzene rings is 2. The number of halogens is 4. The third-order valence-electron chi connectivity index (χ3n) is 9.02. The molecule has 0 aromatic heterocycles. The van der Waals surface area contributed by atoms with E-state index in [1.54, 1.807) is 6.07 Å². The summed E-state index contributed by atoms with van der Waals surface area (Å²) in [5, 5.41) is 0.194. The van der Waals surface area contributed by atoms with Crippen LogP contribution < -0.4 is 0 Å². The number of fused-ring (bicyclic) bond motifs is 1. The number of aryl methyl sites for hydroxylation is 1. The summed E-state index contributed by atoms with van der Waals surface area (Å²) < 4.78 is 55.9. The van der Waals surface area contributed by atoms with Gasteiger partial charge in [0.15, 0.2) is 16.6 Å². The number of carbonyl (C=O) groups is 1. The molecule has 0 fully saturated rings. The van der Waals surface area contributed by atoms with Gasteiger partial charge in [-0.05, 0) is 99.7 Å². The third-order valence-corrected chi connectivity index (χ3v) is 15.0. The Morgan fingerprint density at radius 1 is 1.07 bits per heavy atom. The molecule has 0 saturated heterocycles. The fraction of sp³-hybridized carbons (Fsp3) is 0.606. The van der Waals surface area contributed by atoms with Gasteiger partial charge in [0.2, 0.25) is 5.91 Å². The Kier molecular flexibility index (Phi) is 11.1. The van der Waals surface area contributed by atoms with Gasteiger partial charge in [0, 0.05) is 10.6 Å². The van der Waals surface area contributed by atoms with Gasteiger partial charge in [0.25, 0.3) is 6.43 Å². The van der Waals surface area contributed by atoms with Gasteiger partial charge < -0.3 is 13.8 Å². The summed E-state index contributed by atoms with van der Waals surface area (Å²) in [4.78, 5) is 15.8. The predicted molar refractivity (Wildman–Crippen MR) is 175 cm³/mol. The summed E-state index contributed by atoms with van der Waals surface area (Å²) in [7, 11) is -4.39. The quantitative estimate of drug-likeness (QED) is 0.227. The van der Waals surface area contributed by atoms with Crippen molar-refractivity contribution in [2.24, 2.45) is 0 Å². The second-order valence-corrected chi connectivity index (χ2v) is 24.2. The number of alkyl halides is 2. The molecule has 4 nitrogen and oxygen atoms in total. The number of carbonyl (C=O) groups excluding carboxylic acids is 1. The van der Waals surface area contributed by atoms with Crippen molar-refractivity contribution in [3.8, 4) is 0 Å². The Morgan fingerprint density at radius 3 is 2.26 bits per heavy atom. The lowest BCUT2D eigenvalue weighted by Gasteiger charge is -2.45. The van der Waals surface area contributed by atoms with Gasteiger partial charge in [0.1, 0.15) is 11.4 Å². The second kappa shape index (κ2) is 13.4. The van der Waals surface area contributed by atoms with Crippen LogP contribution in [-0.2, 0) is 32.9 Å². The van der Waals surface area contributed by atoms with E-state index in [1.165, 1.54) is 19.1 Å². The van der Waals surface area contributed by atoms with E-state index >= 15 is 0 Å². The van der Waals surface area contributed by atoms with Crippen LogP contribution in [0, 0.1) is 5.82 Å². The van der Waals surface area contributed by atoms with Crippen molar-refractivity contribution in [2.75, 3.05) is 6.61 Å². The molecule has 0 bridgehead atoms. The van der Waals surface area contributed by atoms with Crippen molar-refractivity contribution < 1.29 is 26.8 Å². The lowest BCUT2D eigenvalue weighted by atomic mass is 9.83. The van der Waals surface area contributed by atoms with Gasteiger partial charge in [-0.3, -0.25) is 4.79 Å². The first-order valence-corrected chi connectivity index (χ1v) is 21.8. The minimum atomic E-state index is -2.61. The summed E-state index contributed by atoms with van der Waals surface area (Å²) in [6, 6.07) is 9.70. The van der Waals surface area contributed by atoms with E-state index in [9.17, 15) is 18.0 Å². The minimum Gasteiger partial charge on any atom is -0.415 e. The molecule has 240 valence electrons. The summed E-state index contributed by atoms with van der Waals surface area (Å²) in [5.74, 6) is -0.738. The Balaban J connectivity index is 1.99. The standard InChI is InChI=1S/C33H49ClF3NO3Si2/c1-22-25-14-11-13-23(17-18-33(5,31(36)37)41-42(6,7)8)26(25)19-24(21-40-43(9,10)32(2,3)4)38(22)30(39)20-27-28(34)15-12-16-29(27)35/h11-16,22,24,31H,17-21H2,1-10H3/t22-,24+,33-/m0/s1. The molecule has 0 radical (unpaired) electrons. The normalized spacial score (nSPS) is 19.4. The van der Waals surface area contributed by atoms with Crippen LogP contribution in [0.4, 0.5) is 13.2 Å². The van der Waals surface area contributed by atoms with Crippen molar-refractivity contribution in [3.63, 3.8) is 0 Å². The first kappa shape index (κ1) is 35.8. The zero-order valence-electron chi connectivity index (χ0n) is 27.4. The first-order chi connectivity index (χ1) is 19.7. The highest BCUT2D eigenvalue weighted by Crippen LogP contribution is 2.40. The number of amides is 1. The Morgan fingerprint density at radius 2 is 1.70 bits per heavy atom. The van der Waals surface area contributed by atoms with E-state index in [2.05, 4.69) is 33.9 Å². The molecule has 2 aromatic carbocycles. The van der Waals surface area contributed by atoms with E-state index in [-0.39, 0.29) is 46.5 Å². The third kappa shape index (κ3) is 8.54. The molecule has 3 rings (SSSR count). The summed E-state index contributed by atoms with van der Waals surface area (Å²) in [5.41, 5.74) is 1.66. The average molecular weight is 656 g/mol. The van der Waals surface area contributed by atoms with Gasteiger partial charge in [-0.25, -0.2) is 13.2 Å². The van der Waals surface area contributed by atoms with Crippen LogP contribution in [0.1, 0.15) is 69.3 Å². The lowest BCUT2D eigenvalue weighted by Crippen LogP contribution is -2.52. The molecule has 0 spiro atoms. The summed E-state index contributed by atoms with van der Waals surface area (Å²) >= 11 is 6.30. The summed E-state index contributed by atoms with van der Waals surface area (Å²) in [6.07, 6.45) is -1.65. The van der Waals surface area contributed by atoms with Crippen molar-refractivity contribution in [1.29, 1.82) is 0 Å². The number of rotatable bonds is 11. The number of hydrogen-bond donors (Lipinski definition) is 0. The fourth-order valence-corrected chi connectivity index (χ4v) is 8.50. The highest BCUT2D eigenvalue weighted by molar-refractivity contribution is 6.74. The Hall–Kier alpha value is -1.66. The molecule has 3 atom stereocenters. The summed E-state index contributed by atoms with van der Waals surface area (Å²) in [6.45, 7) is 20.4. The van der Waals surface area contributed by atoms with Gasteiger partial charge in [-0.15, -0.1) is 0 Å². The van der Waals surface area contributed by atoms with Crippen molar-refractivity contribution in [2.45, 2.75) is 122 Å². The molecule has 2 aromatic rings. The Bertz CT molecular complexity index is 1270. The molecule has 1 amide bonds. The maximum Gasteiger partial charge on any atom is 0.265 e. The molecule has 1 heterocycles. The van der Waals surface area contributed by atoms with Crippen LogP contribution in [0.15, 0.2) is 36.4 Å². The zero-order chi connectivity index (χ0) is 32.5. The molecule has 1 aliphatic heterocycles. The highest BCUT2D eigenvalue weighted by atomic mass is 35.5. The Labute approximate surface area is 263 Å². The number of nitrogens with zero attached hydrogens (tertiary/aromatic N) is 1. The van der Waals surface area contributed by atoms with Crippen LogP contribution >= 0.6 is 11.6 Å². The molecular weight excluding hydrogens is 607 g/mol. The minimum absolute atomic E-state index is 0.0258. The molecule has 1 aliphatic rings. The maximum atomic E-state index is 14.7. The average Bonchev–Trinajstić information content (AvgIpc) is 2.86. The van der Waals surface area contributed by atoms with Crippen LogP contribution in [0.2, 0.25) is 42.8 Å². The van der Waals surface area contributed by atoms with Crippen molar-refractivity contribution in [3.05, 3.63) is 69.5 Å². The van der Waals surface area contributed by atoms with Crippen molar-refractivity contribution in [1.82, 2.24) is 4.90 Å². The smallest absolute Gasteiger partial charge is 0.265 e. The van der Waals surface area contributed by atoms with Crippen molar-refractivity contribution >= 4 is 34.1 Å². The molecule has 43 heavy (non-hydrogen) atoms. The topological polar surface area (TPSA) is 38.8 Å². The van der Waals surface area contributed by atoms with E-state index < -0.39 is 34.5 Å². The van der Waals surface area contributed by atoms with Crippen LogP contribution in [0.3, 0.4) is 0 Å².